The molecule has 1 aromatic carbocycles. The normalized spacial score (nSPS) is 15.9. The van der Waals surface area contributed by atoms with Gasteiger partial charge in [-0.2, -0.15) is 0 Å². The molecule has 6 nitrogen and oxygen atoms in total. The number of hydrogen-bond acceptors (Lipinski definition) is 5. The van der Waals surface area contributed by atoms with E-state index < -0.39 is 0 Å². The minimum Gasteiger partial charge on any atom is -0.492 e. The fraction of sp³-hybridized carbons (Fsp3) is 0.211. The van der Waals surface area contributed by atoms with Crippen molar-refractivity contribution in [1.29, 1.82) is 0 Å². The van der Waals surface area contributed by atoms with E-state index in [2.05, 4.69) is 15.5 Å². The Morgan fingerprint density at radius 1 is 1.24 bits per heavy atom. The van der Waals surface area contributed by atoms with Crippen molar-refractivity contribution in [2.45, 2.75) is 13.0 Å². The van der Waals surface area contributed by atoms with Crippen LogP contribution >= 0.6 is 0 Å². The van der Waals surface area contributed by atoms with E-state index in [0.29, 0.717) is 31.0 Å². The van der Waals surface area contributed by atoms with Crippen molar-refractivity contribution >= 4 is 5.91 Å². The Hall–Kier alpha value is -3.15. The molecule has 0 spiro atoms. The van der Waals surface area contributed by atoms with Gasteiger partial charge in [-0.25, -0.2) is 0 Å². The van der Waals surface area contributed by atoms with E-state index in [1.54, 1.807) is 12.4 Å². The number of para-hydroxylation sites is 1. The van der Waals surface area contributed by atoms with Crippen molar-refractivity contribution in [3.05, 3.63) is 66.2 Å². The lowest BCUT2D eigenvalue weighted by Gasteiger charge is -2.24. The van der Waals surface area contributed by atoms with Gasteiger partial charge in [-0.05, 0) is 30.2 Å². The van der Waals surface area contributed by atoms with Gasteiger partial charge in [0, 0.05) is 24.0 Å². The van der Waals surface area contributed by atoms with Crippen LogP contribution in [-0.4, -0.2) is 22.7 Å². The number of carbonyl (C=O) groups excluding carboxylic acids is 1. The molecule has 1 unspecified atom stereocenters. The fourth-order valence-corrected chi connectivity index (χ4v) is 2.86. The number of rotatable bonds is 4. The minimum atomic E-state index is -0.199. The van der Waals surface area contributed by atoms with Gasteiger partial charge in [-0.1, -0.05) is 23.4 Å². The Kier molecular flexibility index (Phi) is 4.16. The monoisotopic (exact) mass is 335 g/mol. The van der Waals surface area contributed by atoms with Crippen molar-refractivity contribution in [3.63, 3.8) is 0 Å². The van der Waals surface area contributed by atoms with Crippen LogP contribution in [0.3, 0.4) is 0 Å². The molecule has 0 saturated carbocycles. The molecule has 1 aliphatic heterocycles. The van der Waals surface area contributed by atoms with Crippen LogP contribution in [0.1, 0.15) is 11.3 Å². The summed E-state index contributed by atoms with van der Waals surface area (Å²) in [4.78, 5) is 16.5. The van der Waals surface area contributed by atoms with Gasteiger partial charge in [-0.3, -0.25) is 9.78 Å². The van der Waals surface area contributed by atoms with Crippen molar-refractivity contribution in [3.8, 4) is 17.0 Å². The predicted octanol–water partition coefficient (Wildman–Crippen LogP) is 2.60. The first kappa shape index (κ1) is 15.4. The molecule has 0 aliphatic carbocycles. The van der Waals surface area contributed by atoms with Crippen molar-refractivity contribution in [2.75, 3.05) is 6.61 Å². The van der Waals surface area contributed by atoms with Gasteiger partial charge in [0.15, 0.2) is 5.76 Å². The molecule has 3 aromatic rings. The van der Waals surface area contributed by atoms with E-state index in [0.717, 1.165) is 16.9 Å². The molecule has 0 fully saturated rings. The number of amides is 1. The highest BCUT2D eigenvalue weighted by atomic mass is 16.5. The number of pyridine rings is 1. The molecule has 2 aromatic heterocycles. The Bertz CT molecular complexity index is 876. The van der Waals surface area contributed by atoms with Crippen LogP contribution in [0.25, 0.3) is 11.3 Å². The van der Waals surface area contributed by atoms with Gasteiger partial charge >= 0.3 is 0 Å². The first-order valence-corrected chi connectivity index (χ1v) is 8.14. The maximum atomic E-state index is 12.4. The van der Waals surface area contributed by atoms with Gasteiger partial charge < -0.3 is 14.6 Å². The average Bonchev–Trinajstić information content (AvgIpc) is 3.15. The summed E-state index contributed by atoms with van der Waals surface area (Å²) >= 11 is 0. The summed E-state index contributed by atoms with van der Waals surface area (Å²) in [7, 11) is 0. The Labute approximate surface area is 144 Å². The largest absolute Gasteiger partial charge is 0.492 e. The topological polar surface area (TPSA) is 77.3 Å². The van der Waals surface area contributed by atoms with Crippen LogP contribution in [-0.2, 0) is 17.8 Å². The maximum Gasteiger partial charge on any atom is 0.227 e. The SMILES string of the molecule is O=C(NCc1cc(-c2cccnc2)no1)C1COc2ccccc2C1. The summed E-state index contributed by atoms with van der Waals surface area (Å²) in [5.74, 6) is 1.22. The number of nitrogens with zero attached hydrogens (tertiary/aromatic N) is 2. The quantitative estimate of drug-likeness (QED) is 0.793. The van der Waals surface area contributed by atoms with E-state index in [1.165, 1.54) is 0 Å². The van der Waals surface area contributed by atoms with Crippen molar-refractivity contribution in [1.82, 2.24) is 15.5 Å². The molecule has 25 heavy (non-hydrogen) atoms. The van der Waals surface area contributed by atoms with Crippen LogP contribution in [0.15, 0.2) is 59.4 Å². The average molecular weight is 335 g/mol. The van der Waals surface area contributed by atoms with Crippen molar-refractivity contribution < 1.29 is 14.1 Å². The second kappa shape index (κ2) is 6.76. The van der Waals surface area contributed by atoms with E-state index in [1.807, 2.05) is 42.5 Å². The van der Waals surface area contributed by atoms with Gasteiger partial charge in [0.25, 0.3) is 0 Å². The maximum absolute atomic E-state index is 12.4. The van der Waals surface area contributed by atoms with Crippen molar-refractivity contribution in [2.24, 2.45) is 5.92 Å². The van der Waals surface area contributed by atoms with Crippen LogP contribution in [0.2, 0.25) is 0 Å². The fourth-order valence-electron chi connectivity index (χ4n) is 2.86. The predicted molar refractivity (Wildman–Crippen MR) is 90.7 cm³/mol. The molecule has 4 rings (SSSR count). The number of hydrogen-bond donors (Lipinski definition) is 1. The zero-order valence-corrected chi connectivity index (χ0v) is 13.5. The third-order valence-corrected chi connectivity index (χ3v) is 4.20. The highest BCUT2D eigenvalue weighted by molar-refractivity contribution is 5.79. The highest BCUT2D eigenvalue weighted by Gasteiger charge is 2.25. The third kappa shape index (κ3) is 3.38. The van der Waals surface area contributed by atoms with Crippen LogP contribution < -0.4 is 10.1 Å². The number of ether oxygens (including phenoxy) is 1. The standard InChI is InChI=1S/C19H17N3O3/c23-19(15-8-13-4-1-2-6-18(13)24-12-15)21-11-16-9-17(22-25-16)14-5-3-7-20-10-14/h1-7,9-10,15H,8,11-12H2,(H,21,23). The number of aromatic nitrogens is 2. The summed E-state index contributed by atoms with van der Waals surface area (Å²) in [6.45, 7) is 0.685. The lowest BCUT2D eigenvalue weighted by atomic mass is 9.96. The third-order valence-electron chi connectivity index (χ3n) is 4.20. The molecule has 1 aliphatic rings. The number of benzene rings is 1. The minimum absolute atomic E-state index is 0.0474. The zero-order chi connectivity index (χ0) is 17.1. The van der Waals surface area contributed by atoms with Crippen LogP contribution in [0.5, 0.6) is 5.75 Å². The molecule has 1 N–H and O–H groups in total. The molecule has 1 atom stereocenters. The number of fused-ring (bicyclic) bond motifs is 1. The molecular weight excluding hydrogens is 318 g/mol. The lowest BCUT2D eigenvalue weighted by Crippen LogP contribution is -2.36. The molecule has 1 amide bonds. The van der Waals surface area contributed by atoms with E-state index in [-0.39, 0.29) is 11.8 Å². The van der Waals surface area contributed by atoms with E-state index in [4.69, 9.17) is 9.26 Å². The van der Waals surface area contributed by atoms with Gasteiger partial charge in [0.1, 0.15) is 18.1 Å². The summed E-state index contributed by atoms with van der Waals surface area (Å²) in [6, 6.07) is 13.4. The first-order chi connectivity index (χ1) is 12.3. The van der Waals surface area contributed by atoms with Crippen LogP contribution in [0, 0.1) is 5.92 Å². The zero-order valence-electron chi connectivity index (χ0n) is 13.5. The summed E-state index contributed by atoms with van der Waals surface area (Å²) in [6.07, 6.45) is 4.10. The first-order valence-electron chi connectivity index (χ1n) is 8.14. The Balaban J connectivity index is 1.36. The van der Waals surface area contributed by atoms with Gasteiger partial charge in [0.05, 0.1) is 12.5 Å². The molecule has 3 heterocycles. The molecule has 0 radical (unpaired) electrons. The Morgan fingerprint density at radius 3 is 3.04 bits per heavy atom. The second-order valence-electron chi connectivity index (χ2n) is 5.96. The molecular formula is C19H17N3O3. The van der Waals surface area contributed by atoms with E-state index >= 15 is 0 Å². The lowest BCUT2D eigenvalue weighted by molar-refractivity contribution is -0.126. The number of carbonyl (C=O) groups is 1. The summed E-state index contributed by atoms with van der Waals surface area (Å²) in [5, 5.41) is 6.91. The molecule has 0 bridgehead atoms. The smallest absolute Gasteiger partial charge is 0.227 e. The van der Waals surface area contributed by atoms with E-state index in [9.17, 15) is 4.79 Å². The molecule has 0 saturated heterocycles. The summed E-state index contributed by atoms with van der Waals surface area (Å²) in [5.41, 5.74) is 2.64. The molecule has 6 heteroatoms. The summed E-state index contributed by atoms with van der Waals surface area (Å²) < 4.78 is 11.0. The molecule has 126 valence electrons. The van der Waals surface area contributed by atoms with Gasteiger partial charge in [0.2, 0.25) is 5.91 Å². The van der Waals surface area contributed by atoms with Gasteiger partial charge in [-0.15, -0.1) is 0 Å². The highest BCUT2D eigenvalue weighted by Crippen LogP contribution is 2.27. The number of nitrogens with one attached hydrogen (secondary N) is 1. The van der Waals surface area contributed by atoms with Crippen LogP contribution in [0.4, 0.5) is 0 Å². The second-order valence-corrected chi connectivity index (χ2v) is 5.96. The Morgan fingerprint density at radius 2 is 2.16 bits per heavy atom.